The molecule has 0 unspecified atom stereocenters. The van der Waals surface area contributed by atoms with Gasteiger partial charge in [-0.25, -0.2) is 0 Å². The first-order chi connectivity index (χ1) is 5.36. The summed E-state index contributed by atoms with van der Waals surface area (Å²) in [6.07, 6.45) is 1.81. The number of nitrogens with one attached hydrogen (secondary N) is 1. The topological polar surface area (TPSA) is 32.9 Å². The summed E-state index contributed by atoms with van der Waals surface area (Å²) in [5.74, 6) is 0. The highest BCUT2D eigenvalue weighted by molar-refractivity contribution is 5.85. The van der Waals surface area contributed by atoms with Crippen molar-refractivity contribution in [1.82, 2.24) is 4.98 Å². The molecule has 70 valence electrons. The minimum absolute atomic E-state index is 0. The molecule has 0 spiro atoms. The van der Waals surface area contributed by atoms with Gasteiger partial charge in [-0.05, 0) is 23.8 Å². The molecule has 1 heterocycles. The first kappa shape index (κ1) is 12.0. The lowest BCUT2D eigenvalue weighted by Gasteiger charge is -2.00. The Morgan fingerprint density at radius 2 is 1.85 bits per heavy atom. The van der Waals surface area contributed by atoms with E-state index < -0.39 is 0 Å². The molecule has 13 heavy (non-hydrogen) atoms. The Labute approximate surface area is 88.2 Å². The van der Waals surface area contributed by atoms with Crippen molar-refractivity contribution in [2.45, 2.75) is 0 Å². The molecular formula is C9H9Cl2NO. The highest BCUT2D eigenvalue weighted by Crippen LogP contribution is 2.13. The molecule has 2 aliphatic rings. The molecule has 2 rings (SSSR count). The Morgan fingerprint density at radius 1 is 1.08 bits per heavy atom. The fourth-order valence-corrected chi connectivity index (χ4v) is 1.10. The summed E-state index contributed by atoms with van der Waals surface area (Å²) in [6.45, 7) is 0. The van der Waals surface area contributed by atoms with Crippen molar-refractivity contribution < 1.29 is 0 Å². The van der Waals surface area contributed by atoms with Gasteiger partial charge in [-0.2, -0.15) is 0 Å². The average molecular weight is 218 g/mol. The molecule has 0 saturated carbocycles. The van der Waals surface area contributed by atoms with E-state index in [0.717, 1.165) is 11.3 Å². The lowest BCUT2D eigenvalue weighted by atomic mass is 10.1. The zero-order valence-corrected chi connectivity index (χ0v) is 8.32. The van der Waals surface area contributed by atoms with Gasteiger partial charge in [0.1, 0.15) is 0 Å². The van der Waals surface area contributed by atoms with E-state index in [-0.39, 0.29) is 30.2 Å². The summed E-state index contributed by atoms with van der Waals surface area (Å²) in [4.78, 5) is 13.9. The third-order valence-corrected chi connectivity index (χ3v) is 1.64. The molecule has 1 aliphatic carbocycles. The fraction of sp³-hybridized carbons (Fsp3) is 0. The molecule has 1 aliphatic heterocycles. The quantitative estimate of drug-likeness (QED) is 0.723. The monoisotopic (exact) mass is 217 g/mol. The van der Waals surface area contributed by atoms with Crippen LogP contribution in [-0.2, 0) is 0 Å². The number of hydrogen-bond donors (Lipinski definition) is 1. The first-order valence-electron chi connectivity index (χ1n) is 3.44. The third kappa shape index (κ3) is 2.47. The summed E-state index contributed by atoms with van der Waals surface area (Å²) < 4.78 is 0. The molecule has 1 N–H and O–H groups in total. The van der Waals surface area contributed by atoms with Gasteiger partial charge in [-0.1, -0.05) is 6.07 Å². The Hall–Kier alpha value is -0.990. The lowest BCUT2D eigenvalue weighted by Crippen LogP contribution is -1.98. The van der Waals surface area contributed by atoms with Gasteiger partial charge in [-0.3, -0.25) is 4.79 Å². The number of benzene rings is 1. The van der Waals surface area contributed by atoms with Gasteiger partial charge in [0.2, 0.25) is 0 Å². The Bertz CT molecular complexity index is 399. The fourth-order valence-electron chi connectivity index (χ4n) is 1.10. The highest BCUT2D eigenvalue weighted by Gasteiger charge is 1.97. The smallest absolute Gasteiger partial charge is 0.180 e. The summed E-state index contributed by atoms with van der Waals surface area (Å²) in [7, 11) is 0. The van der Waals surface area contributed by atoms with Crippen LogP contribution in [0.15, 0.2) is 41.3 Å². The van der Waals surface area contributed by atoms with Crippen molar-refractivity contribution in [3.05, 3.63) is 46.8 Å². The normalized spacial score (nSPS) is 8.62. The zero-order valence-electron chi connectivity index (χ0n) is 6.69. The van der Waals surface area contributed by atoms with Crippen LogP contribution < -0.4 is 5.43 Å². The highest BCUT2D eigenvalue weighted by atomic mass is 35.5. The van der Waals surface area contributed by atoms with Crippen LogP contribution in [0.1, 0.15) is 0 Å². The second kappa shape index (κ2) is 4.90. The summed E-state index contributed by atoms with van der Waals surface area (Å²) >= 11 is 0. The number of halogens is 2. The minimum atomic E-state index is 0. The van der Waals surface area contributed by atoms with Crippen LogP contribution in [0.25, 0.3) is 11.3 Å². The third-order valence-electron chi connectivity index (χ3n) is 1.64. The van der Waals surface area contributed by atoms with Crippen molar-refractivity contribution in [1.29, 1.82) is 0 Å². The van der Waals surface area contributed by atoms with E-state index in [1.54, 1.807) is 12.1 Å². The van der Waals surface area contributed by atoms with Gasteiger partial charge in [0, 0.05) is 18.0 Å². The molecule has 2 nitrogen and oxygen atoms in total. The van der Waals surface area contributed by atoms with Crippen molar-refractivity contribution in [2.75, 3.05) is 0 Å². The Kier molecular flexibility index (Phi) is 4.52. The second-order valence-electron chi connectivity index (χ2n) is 2.42. The van der Waals surface area contributed by atoms with E-state index >= 15 is 0 Å². The maximum Gasteiger partial charge on any atom is 0.180 e. The standard InChI is InChI=1S/C9H7NO.2ClH/c11-8-4-3-7-2-1-5-10-9(7)6-8;;/h1-6,10H;2*1H. The zero-order chi connectivity index (χ0) is 7.68. The molecular weight excluding hydrogens is 209 g/mol. The van der Waals surface area contributed by atoms with E-state index in [1.165, 1.54) is 0 Å². The molecule has 0 aromatic heterocycles. The van der Waals surface area contributed by atoms with Crippen molar-refractivity contribution in [3.8, 4) is 11.3 Å². The maximum atomic E-state index is 10.9. The van der Waals surface area contributed by atoms with Crippen LogP contribution in [0.5, 0.6) is 0 Å². The molecule has 0 saturated heterocycles. The van der Waals surface area contributed by atoms with E-state index in [4.69, 9.17) is 0 Å². The largest absolute Gasteiger partial charge is 0.361 e. The van der Waals surface area contributed by atoms with Gasteiger partial charge in [0.15, 0.2) is 5.43 Å². The molecule has 0 aromatic carbocycles. The SMILES string of the molecule is Cl.Cl.O=c1ccc2ccc[nH]c-2c1. The van der Waals surface area contributed by atoms with Gasteiger partial charge < -0.3 is 4.98 Å². The number of fused-ring (bicyclic) bond motifs is 1. The number of aromatic nitrogens is 1. The molecule has 0 atom stereocenters. The van der Waals surface area contributed by atoms with Crippen LogP contribution >= 0.6 is 24.8 Å². The molecule has 0 amide bonds. The van der Waals surface area contributed by atoms with Crippen molar-refractivity contribution >= 4 is 24.8 Å². The van der Waals surface area contributed by atoms with Crippen molar-refractivity contribution in [3.63, 3.8) is 0 Å². The van der Waals surface area contributed by atoms with Crippen LogP contribution in [0.3, 0.4) is 0 Å². The molecule has 0 fully saturated rings. The number of hydrogen-bond acceptors (Lipinski definition) is 1. The summed E-state index contributed by atoms with van der Waals surface area (Å²) in [5, 5.41) is 0. The first-order valence-corrected chi connectivity index (χ1v) is 3.44. The van der Waals surface area contributed by atoms with Crippen LogP contribution in [0, 0.1) is 0 Å². The van der Waals surface area contributed by atoms with Crippen LogP contribution in [0.2, 0.25) is 0 Å². The van der Waals surface area contributed by atoms with Gasteiger partial charge >= 0.3 is 0 Å². The average Bonchev–Trinajstić information content (AvgIpc) is 2.04. The van der Waals surface area contributed by atoms with E-state index in [2.05, 4.69) is 4.98 Å². The Balaban J connectivity index is 0.000000720. The minimum Gasteiger partial charge on any atom is -0.361 e. The predicted octanol–water partition coefficient (Wildman–Crippen LogP) is 2.32. The van der Waals surface area contributed by atoms with Crippen LogP contribution in [0.4, 0.5) is 0 Å². The van der Waals surface area contributed by atoms with E-state index in [1.807, 2.05) is 24.4 Å². The van der Waals surface area contributed by atoms with Gasteiger partial charge in [0.25, 0.3) is 0 Å². The summed E-state index contributed by atoms with van der Waals surface area (Å²) in [6, 6.07) is 8.84. The number of H-pyrrole nitrogens is 1. The van der Waals surface area contributed by atoms with Gasteiger partial charge in [0.05, 0.1) is 0 Å². The second-order valence-corrected chi connectivity index (χ2v) is 2.42. The van der Waals surface area contributed by atoms with E-state index in [0.29, 0.717) is 0 Å². The summed E-state index contributed by atoms with van der Waals surface area (Å²) in [5.41, 5.74) is 1.99. The molecule has 0 bridgehead atoms. The molecule has 4 heteroatoms. The molecule has 0 radical (unpaired) electrons. The lowest BCUT2D eigenvalue weighted by molar-refractivity contribution is 1.31. The number of rotatable bonds is 0. The number of aromatic amines is 1. The van der Waals surface area contributed by atoms with Crippen LogP contribution in [-0.4, -0.2) is 4.98 Å². The molecule has 0 aromatic rings. The van der Waals surface area contributed by atoms with E-state index in [9.17, 15) is 4.79 Å². The van der Waals surface area contributed by atoms with Gasteiger partial charge in [-0.15, -0.1) is 24.8 Å². The maximum absolute atomic E-state index is 10.9. The Morgan fingerprint density at radius 3 is 2.62 bits per heavy atom. The predicted molar refractivity (Wildman–Crippen MR) is 58.2 cm³/mol. The van der Waals surface area contributed by atoms with Crippen molar-refractivity contribution in [2.24, 2.45) is 0 Å². The number of pyridine rings is 1.